The van der Waals surface area contributed by atoms with Crippen LogP contribution in [-0.4, -0.2) is 50.2 Å². The van der Waals surface area contributed by atoms with E-state index in [0.717, 1.165) is 32.1 Å². The van der Waals surface area contributed by atoms with E-state index in [1.807, 2.05) is 0 Å². The van der Waals surface area contributed by atoms with Gasteiger partial charge in [-0.3, -0.25) is 9.59 Å². The molecule has 3 atom stereocenters. The highest BCUT2D eigenvalue weighted by Gasteiger charge is 2.53. The first-order chi connectivity index (χ1) is 23.5. The van der Waals surface area contributed by atoms with Gasteiger partial charge < -0.3 is 21.1 Å². The quantitative estimate of drug-likeness (QED) is 0.0477. The number of aliphatic hydroxyl groups is 3. The van der Waals surface area contributed by atoms with Crippen molar-refractivity contribution in [1.29, 1.82) is 0 Å². The van der Waals surface area contributed by atoms with Crippen LogP contribution in [0.4, 0.5) is 0 Å². The second-order valence-corrected chi connectivity index (χ2v) is 16.0. The Balaban J connectivity index is 4.16. The molecular weight excluding hydrogens is 610 g/mol. The Kier molecular flexibility index (Phi) is 30.3. The summed E-state index contributed by atoms with van der Waals surface area (Å²) < 4.78 is 0. The third kappa shape index (κ3) is 24.1. The Bertz CT molecular complexity index is 782. The molecule has 0 bridgehead atoms. The van der Waals surface area contributed by atoms with Gasteiger partial charge in [0.25, 0.3) is 0 Å². The van der Waals surface area contributed by atoms with Gasteiger partial charge in [0.15, 0.2) is 11.6 Å². The zero-order chi connectivity index (χ0) is 36.7. The molecule has 6 nitrogen and oxygen atoms in total. The molecule has 0 aromatic rings. The van der Waals surface area contributed by atoms with Crippen LogP contribution in [0.3, 0.4) is 0 Å². The normalized spacial score (nSPS) is 15.5. The number of hydrogen-bond acceptors (Lipinski definition) is 6. The van der Waals surface area contributed by atoms with Crippen molar-refractivity contribution in [3.8, 4) is 0 Å². The van der Waals surface area contributed by atoms with E-state index in [-0.39, 0.29) is 18.6 Å². The molecule has 3 unspecified atom stereocenters. The van der Waals surface area contributed by atoms with Gasteiger partial charge in [0.2, 0.25) is 0 Å². The van der Waals surface area contributed by atoms with Crippen LogP contribution in [0, 0.1) is 0 Å². The second kappa shape index (κ2) is 30.8. The Morgan fingerprint density at radius 1 is 0.429 bits per heavy atom. The SMILES string of the molecule is CCCCCCCCCCCCCCCCCC(=O)C(C)(O)CC(O)(CN)C(C)(O)C(=O)CCCCCCCCCCCCCCCCC. The third-order valence-corrected chi connectivity index (χ3v) is 11.0. The minimum atomic E-state index is -2.14. The third-order valence-electron chi connectivity index (χ3n) is 11.0. The molecule has 0 aliphatic carbocycles. The van der Waals surface area contributed by atoms with Gasteiger partial charge in [-0.1, -0.05) is 194 Å². The molecular formula is C43H85NO5. The van der Waals surface area contributed by atoms with Gasteiger partial charge in [-0.2, -0.15) is 0 Å². The maximum Gasteiger partial charge on any atom is 0.167 e. The lowest BCUT2D eigenvalue weighted by atomic mass is 9.72. The monoisotopic (exact) mass is 696 g/mol. The van der Waals surface area contributed by atoms with Crippen LogP contribution >= 0.6 is 0 Å². The van der Waals surface area contributed by atoms with E-state index in [2.05, 4.69) is 13.8 Å². The zero-order valence-electron chi connectivity index (χ0n) is 33.3. The number of hydrogen-bond donors (Lipinski definition) is 4. The summed E-state index contributed by atoms with van der Waals surface area (Å²) in [7, 11) is 0. The van der Waals surface area contributed by atoms with Crippen molar-refractivity contribution in [2.75, 3.05) is 6.54 Å². The van der Waals surface area contributed by atoms with E-state index in [1.54, 1.807) is 0 Å². The molecule has 0 aromatic carbocycles. The van der Waals surface area contributed by atoms with Gasteiger partial charge in [0.05, 0.1) is 0 Å². The van der Waals surface area contributed by atoms with Gasteiger partial charge >= 0.3 is 0 Å². The molecule has 5 N–H and O–H groups in total. The lowest BCUT2D eigenvalue weighted by Gasteiger charge is -2.42. The van der Waals surface area contributed by atoms with Crippen LogP contribution in [0.25, 0.3) is 0 Å². The summed E-state index contributed by atoms with van der Waals surface area (Å²) in [4.78, 5) is 26.0. The summed E-state index contributed by atoms with van der Waals surface area (Å²) in [6, 6.07) is 0. The fraction of sp³-hybridized carbons (Fsp3) is 0.953. The lowest BCUT2D eigenvalue weighted by molar-refractivity contribution is -0.183. The molecule has 0 spiro atoms. The van der Waals surface area contributed by atoms with Crippen LogP contribution in [0.15, 0.2) is 0 Å². The maximum atomic E-state index is 13.1. The molecule has 0 aliphatic heterocycles. The summed E-state index contributed by atoms with van der Waals surface area (Å²) in [6.45, 7) is 6.75. The first kappa shape index (κ1) is 48.2. The number of nitrogens with two attached hydrogens (primary N) is 1. The highest BCUT2D eigenvalue weighted by atomic mass is 16.4. The molecule has 0 amide bonds. The molecule has 0 saturated heterocycles. The van der Waals surface area contributed by atoms with E-state index in [1.165, 1.54) is 162 Å². The van der Waals surface area contributed by atoms with Crippen molar-refractivity contribution in [3.05, 3.63) is 0 Å². The smallest absolute Gasteiger partial charge is 0.167 e. The second-order valence-electron chi connectivity index (χ2n) is 16.0. The minimum Gasteiger partial charge on any atom is -0.385 e. The summed E-state index contributed by atoms with van der Waals surface area (Å²) in [5.41, 5.74) is -0.229. The first-order valence-electron chi connectivity index (χ1n) is 21.4. The highest BCUT2D eigenvalue weighted by molar-refractivity contribution is 5.89. The average Bonchev–Trinajstić information content (AvgIpc) is 3.07. The molecule has 49 heavy (non-hydrogen) atoms. The van der Waals surface area contributed by atoms with E-state index >= 15 is 0 Å². The molecule has 0 aromatic heterocycles. The van der Waals surface area contributed by atoms with Gasteiger partial charge in [0, 0.05) is 25.8 Å². The Morgan fingerprint density at radius 2 is 0.673 bits per heavy atom. The summed E-state index contributed by atoms with van der Waals surface area (Å²) >= 11 is 0. The van der Waals surface area contributed by atoms with E-state index in [0.29, 0.717) is 12.8 Å². The van der Waals surface area contributed by atoms with E-state index < -0.39 is 35.6 Å². The summed E-state index contributed by atoms with van der Waals surface area (Å²) in [6.07, 6.45) is 36.9. The minimum absolute atomic E-state index is 0.142. The standard InChI is InChI=1S/C43H85NO5/c1-5-7-9-11-13-15-17-19-21-23-25-27-29-31-33-35-39(45)41(3,47)37-43(49,38-44)42(4,48)40(46)36-34-32-30-28-26-24-22-20-18-16-14-12-10-8-6-2/h47-49H,5-38,44H2,1-4H3. The number of Topliss-reactive ketones (excluding diaryl/α,β-unsaturated/α-hetero) is 2. The van der Waals surface area contributed by atoms with Crippen molar-refractivity contribution in [2.24, 2.45) is 5.73 Å². The van der Waals surface area contributed by atoms with Gasteiger partial charge in [-0.15, -0.1) is 0 Å². The topological polar surface area (TPSA) is 121 Å². The van der Waals surface area contributed by atoms with Gasteiger partial charge in [-0.05, 0) is 26.7 Å². The number of carbonyl (C=O) groups excluding carboxylic acids is 2. The predicted molar refractivity (Wildman–Crippen MR) is 209 cm³/mol. The molecule has 292 valence electrons. The van der Waals surface area contributed by atoms with Gasteiger partial charge in [0.1, 0.15) is 16.8 Å². The van der Waals surface area contributed by atoms with Crippen molar-refractivity contribution in [2.45, 2.75) is 256 Å². The molecule has 0 fully saturated rings. The summed E-state index contributed by atoms with van der Waals surface area (Å²) in [5.74, 6) is -0.861. The van der Waals surface area contributed by atoms with Gasteiger partial charge in [-0.25, -0.2) is 0 Å². The van der Waals surface area contributed by atoms with Crippen LogP contribution in [0.1, 0.15) is 240 Å². The van der Waals surface area contributed by atoms with E-state index in [9.17, 15) is 24.9 Å². The predicted octanol–water partition coefficient (Wildman–Crippen LogP) is 11.2. The Morgan fingerprint density at radius 3 is 0.939 bits per heavy atom. The molecule has 0 heterocycles. The highest BCUT2D eigenvalue weighted by Crippen LogP contribution is 2.33. The number of unbranched alkanes of at least 4 members (excludes halogenated alkanes) is 28. The fourth-order valence-corrected chi connectivity index (χ4v) is 7.20. The number of carbonyl (C=O) groups is 2. The van der Waals surface area contributed by atoms with Crippen LogP contribution < -0.4 is 5.73 Å². The number of rotatable bonds is 38. The van der Waals surface area contributed by atoms with Crippen LogP contribution in [-0.2, 0) is 9.59 Å². The summed E-state index contributed by atoms with van der Waals surface area (Å²) in [5, 5.41) is 33.5. The van der Waals surface area contributed by atoms with Crippen molar-refractivity contribution in [3.63, 3.8) is 0 Å². The van der Waals surface area contributed by atoms with Crippen molar-refractivity contribution >= 4 is 11.6 Å². The number of ketones is 2. The molecule has 0 radical (unpaired) electrons. The molecule has 6 heteroatoms. The van der Waals surface area contributed by atoms with Crippen LogP contribution in [0.2, 0.25) is 0 Å². The van der Waals surface area contributed by atoms with Crippen molar-refractivity contribution < 1.29 is 24.9 Å². The molecule has 0 saturated carbocycles. The maximum absolute atomic E-state index is 13.1. The Hall–Kier alpha value is -0.820. The average molecular weight is 696 g/mol. The van der Waals surface area contributed by atoms with Crippen molar-refractivity contribution in [1.82, 2.24) is 0 Å². The Labute approximate surface area is 304 Å². The lowest BCUT2D eigenvalue weighted by Crippen LogP contribution is -2.64. The largest absolute Gasteiger partial charge is 0.385 e. The zero-order valence-corrected chi connectivity index (χ0v) is 33.3. The first-order valence-corrected chi connectivity index (χ1v) is 21.4. The fourth-order valence-electron chi connectivity index (χ4n) is 7.20. The molecule has 0 aliphatic rings. The molecule has 0 rings (SSSR count). The van der Waals surface area contributed by atoms with Crippen LogP contribution in [0.5, 0.6) is 0 Å². The van der Waals surface area contributed by atoms with E-state index in [4.69, 9.17) is 5.73 Å².